The van der Waals surface area contributed by atoms with E-state index in [0.717, 1.165) is 14.7 Å². The minimum Gasteiger partial charge on any atom is -0.357 e. The quantitative estimate of drug-likeness (QED) is 0.735. The van der Waals surface area contributed by atoms with E-state index in [-0.39, 0.29) is 0 Å². The number of nitrogens with zero attached hydrogens (tertiary/aromatic N) is 3. The molecule has 0 radical (unpaired) electrons. The lowest BCUT2D eigenvalue weighted by Crippen LogP contribution is -2.01. The van der Waals surface area contributed by atoms with Gasteiger partial charge in [-0.3, -0.25) is 0 Å². The normalized spacial score (nSPS) is 10.3. The fraction of sp³-hybridized carbons (Fsp3) is 0.0714. The first-order valence-electron chi connectivity index (χ1n) is 6.11. The third-order valence-corrected chi connectivity index (χ3v) is 4.20. The molecule has 5 nitrogen and oxygen atoms in total. The molecular weight excluding hydrogens is 350 g/mol. The van der Waals surface area contributed by atoms with Crippen LogP contribution in [0.4, 0.5) is 17.5 Å². The van der Waals surface area contributed by atoms with E-state index < -0.39 is 0 Å². The summed E-state index contributed by atoms with van der Waals surface area (Å²) in [4.78, 5) is 9.73. The number of aromatic nitrogens is 2. The number of hydrogen-bond donors (Lipinski definition) is 2. The highest BCUT2D eigenvalue weighted by molar-refractivity contribution is 9.10. The van der Waals surface area contributed by atoms with Gasteiger partial charge in [-0.15, -0.1) is 11.3 Å². The van der Waals surface area contributed by atoms with Crippen molar-refractivity contribution in [2.24, 2.45) is 0 Å². The van der Waals surface area contributed by atoms with Crippen LogP contribution in [0.25, 0.3) is 10.2 Å². The first kappa shape index (κ1) is 13.8. The molecule has 7 heteroatoms. The molecule has 2 aromatic heterocycles. The Hall–Kier alpha value is -2.17. The molecule has 3 aromatic rings. The number of nitriles is 1. The molecule has 2 N–H and O–H groups in total. The van der Waals surface area contributed by atoms with Crippen molar-refractivity contribution in [1.82, 2.24) is 9.97 Å². The Kier molecular flexibility index (Phi) is 3.73. The zero-order valence-corrected chi connectivity index (χ0v) is 13.4. The number of hydrogen-bond acceptors (Lipinski definition) is 6. The lowest BCUT2D eigenvalue weighted by atomic mass is 10.2. The summed E-state index contributed by atoms with van der Waals surface area (Å²) in [6.45, 7) is 0. The summed E-state index contributed by atoms with van der Waals surface area (Å²) in [5.41, 5.74) is 1.27. The van der Waals surface area contributed by atoms with Crippen molar-refractivity contribution in [3.63, 3.8) is 0 Å². The average Bonchev–Trinajstić information content (AvgIpc) is 2.96. The zero-order chi connectivity index (χ0) is 14.8. The number of rotatable bonds is 3. The molecule has 2 heterocycles. The average molecular weight is 360 g/mol. The molecular formula is C14H10BrN5S. The Balaban J connectivity index is 2.12. The van der Waals surface area contributed by atoms with E-state index in [1.165, 1.54) is 0 Å². The number of anilines is 3. The number of halogens is 1. The van der Waals surface area contributed by atoms with Gasteiger partial charge in [0, 0.05) is 11.5 Å². The van der Waals surface area contributed by atoms with Crippen LogP contribution in [0.3, 0.4) is 0 Å². The lowest BCUT2D eigenvalue weighted by molar-refractivity contribution is 1.20. The van der Waals surface area contributed by atoms with Gasteiger partial charge in [-0.25, -0.2) is 4.98 Å². The van der Waals surface area contributed by atoms with Gasteiger partial charge in [-0.05, 0) is 29.6 Å². The number of fused-ring (bicyclic) bond motifs is 1. The maximum atomic E-state index is 9.21. The molecule has 1 aromatic carbocycles. The zero-order valence-electron chi connectivity index (χ0n) is 11.0. The first-order chi connectivity index (χ1) is 10.2. The maximum absolute atomic E-state index is 9.21. The molecule has 0 aliphatic heterocycles. The van der Waals surface area contributed by atoms with E-state index in [0.29, 0.717) is 23.0 Å². The van der Waals surface area contributed by atoms with Crippen molar-refractivity contribution in [2.75, 3.05) is 17.7 Å². The molecule has 0 spiro atoms. The summed E-state index contributed by atoms with van der Waals surface area (Å²) >= 11 is 4.97. The third kappa shape index (κ3) is 2.68. The lowest BCUT2D eigenvalue weighted by Gasteiger charge is -2.10. The summed E-state index contributed by atoms with van der Waals surface area (Å²) in [6, 6.07) is 9.59. The smallest absolute Gasteiger partial charge is 0.225 e. The van der Waals surface area contributed by atoms with Gasteiger partial charge in [0.15, 0.2) is 0 Å². The molecule has 0 saturated heterocycles. The van der Waals surface area contributed by atoms with E-state index in [1.54, 1.807) is 24.5 Å². The Morgan fingerprint density at radius 1 is 1.29 bits per heavy atom. The van der Waals surface area contributed by atoms with E-state index in [4.69, 9.17) is 0 Å². The van der Waals surface area contributed by atoms with Crippen LogP contribution in [0.5, 0.6) is 0 Å². The van der Waals surface area contributed by atoms with Crippen LogP contribution < -0.4 is 10.6 Å². The van der Waals surface area contributed by atoms with Crippen molar-refractivity contribution >= 4 is 54.9 Å². The summed E-state index contributed by atoms with van der Waals surface area (Å²) in [5, 5.41) is 18.3. The molecule has 104 valence electrons. The Bertz CT molecular complexity index is 852. The van der Waals surface area contributed by atoms with Crippen molar-refractivity contribution in [3.8, 4) is 6.07 Å². The van der Waals surface area contributed by atoms with Gasteiger partial charge in [0.1, 0.15) is 16.7 Å². The molecule has 0 aliphatic carbocycles. The minimum absolute atomic E-state index is 0.543. The van der Waals surface area contributed by atoms with E-state index in [2.05, 4.69) is 42.6 Å². The molecule has 0 amide bonds. The molecule has 0 saturated carbocycles. The van der Waals surface area contributed by atoms with Crippen LogP contribution in [0.15, 0.2) is 34.1 Å². The van der Waals surface area contributed by atoms with E-state index >= 15 is 0 Å². The van der Waals surface area contributed by atoms with Gasteiger partial charge >= 0.3 is 0 Å². The second-order valence-electron chi connectivity index (χ2n) is 4.21. The third-order valence-electron chi connectivity index (χ3n) is 2.90. The van der Waals surface area contributed by atoms with Crippen molar-refractivity contribution in [1.29, 1.82) is 5.26 Å². The molecule has 0 fully saturated rings. The second kappa shape index (κ2) is 5.68. The fourth-order valence-corrected chi connectivity index (χ4v) is 3.03. The number of benzene rings is 1. The molecule has 21 heavy (non-hydrogen) atoms. The number of nitrogens with one attached hydrogen (secondary N) is 2. The van der Waals surface area contributed by atoms with Gasteiger partial charge in [0.2, 0.25) is 5.95 Å². The summed E-state index contributed by atoms with van der Waals surface area (Å²) in [5.74, 6) is 1.22. The SMILES string of the molecule is CNc1nc(Nc2cc(Br)ccc2C#N)c2ccsc2n1. The van der Waals surface area contributed by atoms with E-state index in [1.807, 2.05) is 23.6 Å². The van der Waals surface area contributed by atoms with Gasteiger partial charge in [-0.2, -0.15) is 10.2 Å². The molecule has 0 atom stereocenters. The van der Waals surface area contributed by atoms with Gasteiger partial charge in [-0.1, -0.05) is 15.9 Å². The largest absolute Gasteiger partial charge is 0.357 e. The van der Waals surface area contributed by atoms with Crippen LogP contribution in [-0.2, 0) is 0 Å². The molecule has 0 unspecified atom stereocenters. The van der Waals surface area contributed by atoms with Crippen LogP contribution >= 0.6 is 27.3 Å². The highest BCUT2D eigenvalue weighted by atomic mass is 79.9. The Morgan fingerprint density at radius 2 is 2.14 bits per heavy atom. The van der Waals surface area contributed by atoms with Gasteiger partial charge < -0.3 is 10.6 Å². The second-order valence-corrected chi connectivity index (χ2v) is 6.02. The van der Waals surface area contributed by atoms with Crippen molar-refractivity contribution < 1.29 is 0 Å². The Morgan fingerprint density at radius 3 is 2.90 bits per heavy atom. The minimum atomic E-state index is 0.543. The van der Waals surface area contributed by atoms with Gasteiger partial charge in [0.25, 0.3) is 0 Å². The highest BCUT2D eigenvalue weighted by Gasteiger charge is 2.11. The topological polar surface area (TPSA) is 73.6 Å². The van der Waals surface area contributed by atoms with Crippen LogP contribution in [-0.4, -0.2) is 17.0 Å². The predicted octanol–water partition coefficient (Wildman–Crippen LogP) is 4.11. The highest BCUT2D eigenvalue weighted by Crippen LogP contribution is 2.30. The molecule has 3 rings (SSSR count). The summed E-state index contributed by atoms with van der Waals surface area (Å²) in [7, 11) is 1.78. The molecule has 0 bridgehead atoms. The van der Waals surface area contributed by atoms with Gasteiger partial charge in [0.05, 0.1) is 16.6 Å². The van der Waals surface area contributed by atoms with E-state index in [9.17, 15) is 5.26 Å². The fourth-order valence-electron chi connectivity index (χ4n) is 1.91. The van der Waals surface area contributed by atoms with Crippen LogP contribution in [0, 0.1) is 11.3 Å². The first-order valence-corrected chi connectivity index (χ1v) is 7.78. The van der Waals surface area contributed by atoms with Crippen molar-refractivity contribution in [3.05, 3.63) is 39.7 Å². The molecule has 0 aliphatic rings. The van der Waals surface area contributed by atoms with Crippen LogP contribution in [0.1, 0.15) is 5.56 Å². The Labute approximate surface area is 133 Å². The van der Waals surface area contributed by atoms with Crippen LogP contribution in [0.2, 0.25) is 0 Å². The van der Waals surface area contributed by atoms with Crippen molar-refractivity contribution in [2.45, 2.75) is 0 Å². The standard InChI is InChI=1S/C14H10BrN5S/c1-17-14-19-12(10-4-5-21-13(10)20-14)18-11-6-9(15)3-2-8(11)7-16/h2-6H,1H3,(H2,17,18,19,20). The predicted molar refractivity (Wildman–Crippen MR) is 89.1 cm³/mol. The summed E-state index contributed by atoms with van der Waals surface area (Å²) in [6.07, 6.45) is 0. The summed E-state index contributed by atoms with van der Waals surface area (Å²) < 4.78 is 0.897. The monoisotopic (exact) mass is 359 g/mol. The maximum Gasteiger partial charge on any atom is 0.225 e. The number of thiophene rings is 1.